The summed E-state index contributed by atoms with van der Waals surface area (Å²) in [7, 11) is 0. The minimum absolute atomic E-state index is 0.0247. The molecule has 0 aromatic carbocycles. The van der Waals surface area contributed by atoms with Gasteiger partial charge < -0.3 is 9.73 Å². The summed E-state index contributed by atoms with van der Waals surface area (Å²) in [5.41, 5.74) is 7.10. The Kier molecular flexibility index (Phi) is 3.76. The van der Waals surface area contributed by atoms with Crippen LogP contribution in [0.1, 0.15) is 23.8 Å². The molecule has 0 bridgehead atoms. The molecule has 1 saturated heterocycles. The van der Waals surface area contributed by atoms with Crippen molar-refractivity contribution in [3.63, 3.8) is 0 Å². The smallest absolute Gasteiger partial charge is 0.238 e. The molecule has 2 aromatic rings. The number of nitrogens with one attached hydrogen (secondary N) is 3. The van der Waals surface area contributed by atoms with Gasteiger partial charge in [0.1, 0.15) is 11.8 Å². The summed E-state index contributed by atoms with van der Waals surface area (Å²) in [5.74, 6) is 0.810. The Morgan fingerprint density at radius 3 is 2.95 bits per heavy atom. The Morgan fingerprint density at radius 1 is 1.35 bits per heavy atom. The number of hydrogen-bond donors (Lipinski definition) is 3. The molecule has 2 aromatic heterocycles. The molecule has 1 amide bonds. The third-order valence-corrected chi connectivity index (χ3v) is 3.32. The molecule has 0 saturated carbocycles. The molecule has 0 radical (unpaired) electrons. The number of hydrazine groups is 1. The quantitative estimate of drug-likeness (QED) is 0.770. The molecule has 0 aliphatic carbocycles. The van der Waals surface area contributed by atoms with Gasteiger partial charge in [0.2, 0.25) is 5.91 Å². The molecule has 1 aliphatic rings. The SMILES string of the molecule is O=C(NCc1ccncc1)C1CC(c2ccco2)NN1. The second-order valence-electron chi connectivity index (χ2n) is 4.72. The molecule has 6 nitrogen and oxygen atoms in total. The number of carbonyl (C=O) groups excluding carboxylic acids is 1. The van der Waals surface area contributed by atoms with E-state index in [2.05, 4.69) is 21.2 Å². The molecule has 2 unspecified atom stereocenters. The van der Waals surface area contributed by atoms with E-state index in [1.807, 2.05) is 24.3 Å². The van der Waals surface area contributed by atoms with Crippen LogP contribution in [-0.2, 0) is 11.3 Å². The number of nitrogens with zero attached hydrogens (tertiary/aromatic N) is 1. The van der Waals surface area contributed by atoms with E-state index in [9.17, 15) is 4.79 Å². The number of pyridine rings is 1. The van der Waals surface area contributed by atoms with Crippen LogP contribution >= 0.6 is 0 Å². The molecule has 0 spiro atoms. The van der Waals surface area contributed by atoms with Crippen molar-refractivity contribution in [3.8, 4) is 0 Å². The highest BCUT2D eigenvalue weighted by Crippen LogP contribution is 2.22. The molecule has 3 N–H and O–H groups in total. The number of hydrogen-bond acceptors (Lipinski definition) is 5. The largest absolute Gasteiger partial charge is 0.468 e. The van der Waals surface area contributed by atoms with Crippen LogP contribution in [0.15, 0.2) is 47.3 Å². The average Bonchev–Trinajstić information content (AvgIpc) is 3.16. The highest BCUT2D eigenvalue weighted by atomic mass is 16.3. The Bertz CT molecular complexity index is 556. The van der Waals surface area contributed by atoms with Gasteiger partial charge in [0.05, 0.1) is 12.3 Å². The summed E-state index contributed by atoms with van der Waals surface area (Å²) in [5, 5.41) is 2.91. The maximum absolute atomic E-state index is 12.1. The second kappa shape index (κ2) is 5.85. The maximum Gasteiger partial charge on any atom is 0.238 e. The Morgan fingerprint density at radius 2 is 2.20 bits per heavy atom. The van der Waals surface area contributed by atoms with Crippen LogP contribution in [0, 0.1) is 0 Å². The minimum Gasteiger partial charge on any atom is -0.468 e. The van der Waals surface area contributed by atoms with Crippen LogP contribution in [0.2, 0.25) is 0 Å². The van der Waals surface area contributed by atoms with Crippen LogP contribution < -0.4 is 16.2 Å². The van der Waals surface area contributed by atoms with E-state index in [4.69, 9.17) is 4.42 Å². The summed E-state index contributed by atoms with van der Waals surface area (Å²) in [6.45, 7) is 0.505. The van der Waals surface area contributed by atoms with E-state index in [0.29, 0.717) is 13.0 Å². The molecule has 3 heterocycles. The molecule has 104 valence electrons. The van der Waals surface area contributed by atoms with Crippen molar-refractivity contribution >= 4 is 5.91 Å². The first-order valence-electron chi connectivity index (χ1n) is 6.54. The van der Waals surface area contributed by atoms with E-state index in [0.717, 1.165) is 11.3 Å². The van der Waals surface area contributed by atoms with Crippen molar-refractivity contribution in [2.75, 3.05) is 0 Å². The fourth-order valence-electron chi connectivity index (χ4n) is 2.22. The van der Waals surface area contributed by atoms with Gasteiger partial charge in [-0.15, -0.1) is 0 Å². The fourth-order valence-corrected chi connectivity index (χ4v) is 2.22. The number of aromatic nitrogens is 1. The van der Waals surface area contributed by atoms with Crippen LogP contribution in [0.3, 0.4) is 0 Å². The lowest BCUT2D eigenvalue weighted by molar-refractivity contribution is -0.123. The fraction of sp³-hybridized carbons (Fsp3) is 0.286. The Balaban J connectivity index is 1.51. The third-order valence-electron chi connectivity index (χ3n) is 3.32. The van der Waals surface area contributed by atoms with Gasteiger partial charge >= 0.3 is 0 Å². The molecule has 1 fully saturated rings. The van der Waals surface area contributed by atoms with Crippen molar-refractivity contribution < 1.29 is 9.21 Å². The van der Waals surface area contributed by atoms with Crippen molar-refractivity contribution in [2.24, 2.45) is 0 Å². The lowest BCUT2D eigenvalue weighted by atomic mass is 10.1. The third kappa shape index (κ3) is 2.87. The van der Waals surface area contributed by atoms with Crippen LogP contribution in [0.5, 0.6) is 0 Å². The van der Waals surface area contributed by atoms with E-state index in [1.165, 1.54) is 0 Å². The van der Waals surface area contributed by atoms with E-state index < -0.39 is 0 Å². The van der Waals surface area contributed by atoms with Gasteiger partial charge in [0, 0.05) is 18.9 Å². The zero-order valence-electron chi connectivity index (χ0n) is 10.9. The van der Waals surface area contributed by atoms with Crippen LogP contribution in [-0.4, -0.2) is 16.9 Å². The first-order valence-corrected chi connectivity index (χ1v) is 6.54. The number of carbonyl (C=O) groups is 1. The predicted molar refractivity (Wildman–Crippen MR) is 72.2 cm³/mol. The Hall–Kier alpha value is -2.18. The van der Waals surface area contributed by atoms with Crippen LogP contribution in [0.4, 0.5) is 0 Å². The standard InChI is InChI=1S/C14H16N4O2/c19-14(16-9-10-3-5-15-6-4-10)12-8-11(17-18-12)13-2-1-7-20-13/h1-7,11-12,17-18H,8-9H2,(H,16,19). The lowest BCUT2D eigenvalue weighted by Crippen LogP contribution is -2.42. The van der Waals surface area contributed by atoms with Gasteiger partial charge in [-0.05, 0) is 36.2 Å². The molecule has 1 aliphatic heterocycles. The molecule has 6 heteroatoms. The number of rotatable bonds is 4. The monoisotopic (exact) mass is 272 g/mol. The van der Waals surface area contributed by atoms with Crippen molar-refractivity contribution in [1.29, 1.82) is 0 Å². The van der Waals surface area contributed by atoms with E-state index in [-0.39, 0.29) is 18.0 Å². The second-order valence-corrected chi connectivity index (χ2v) is 4.72. The molecular weight excluding hydrogens is 256 g/mol. The van der Waals surface area contributed by atoms with Crippen molar-refractivity contribution in [2.45, 2.75) is 25.0 Å². The first-order chi connectivity index (χ1) is 9.83. The van der Waals surface area contributed by atoms with Gasteiger partial charge in [-0.2, -0.15) is 0 Å². The van der Waals surface area contributed by atoms with E-state index in [1.54, 1.807) is 18.7 Å². The zero-order valence-corrected chi connectivity index (χ0v) is 10.9. The topological polar surface area (TPSA) is 79.2 Å². The number of amides is 1. The normalized spacial score (nSPS) is 21.8. The average molecular weight is 272 g/mol. The maximum atomic E-state index is 12.1. The highest BCUT2D eigenvalue weighted by Gasteiger charge is 2.31. The van der Waals surface area contributed by atoms with Gasteiger partial charge in [0.25, 0.3) is 0 Å². The Labute approximate surface area is 116 Å². The molecular formula is C14H16N4O2. The van der Waals surface area contributed by atoms with Crippen LogP contribution in [0.25, 0.3) is 0 Å². The lowest BCUT2D eigenvalue weighted by Gasteiger charge is -2.10. The minimum atomic E-state index is -0.257. The highest BCUT2D eigenvalue weighted by molar-refractivity contribution is 5.82. The summed E-state index contributed by atoms with van der Waals surface area (Å²) >= 11 is 0. The summed E-state index contributed by atoms with van der Waals surface area (Å²) < 4.78 is 5.33. The molecule has 2 atom stereocenters. The van der Waals surface area contributed by atoms with Gasteiger partial charge in [-0.25, -0.2) is 10.9 Å². The summed E-state index contributed by atoms with van der Waals surface area (Å²) in [6.07, 6.45) is 5.72. The zero-order chi connectivity index (χ0) is 13.8. The van der Waals surface area contributed by atoms with Crippen molar-refractivity contribution in [1.82, 2.24) is 21.2 Å². The van der Waals surface area contributed by atoms with Gasteiger partial charge in [-0.3, -0.25) is 9.78 Å². The molecule has 20 heavy (non-hydrogen) atoms. The van der Waals surface area contributed by atoms with Crippen molar-refractivity contribution in [3.05, 3.63) is 54.2 Å². The summed E-state index contributed by atoms with van der Waals surface area (Å²) in [4.78, 5) is 16.0. The van der Waals surface area contributed by atoms with Gasteiger partial charge in [-0.1, -0.05) is 0 Å². The summed E-state index contributed by atoms with van der Waals surface area (Å²) in [6, 6.07) is 7.27. The van der Waals surface area contributed by atoms with Gasteiger partial charge in [0.15, 0.2) is 0 Å². The predicted octanol–water partition coefficient (Wildman–Crippen LogP) is 0.899. The first kappa shape index (κ1) is 12.8. The number of furan rings is 1. The van der Waals surface area contributed by atoms with E-state index >= 15 is 0 Å². The molecule has 3 rings (SSSR count).